The minimum Gasteiger partial charge on any atom is -0.254 e. The van der Waals surface area contributed by atoms with Gasteiger partial charge in [-0.1, -0.05) is 6.92 Å². The highest BCUT2D eigenvalue weighted by molar-refractivity contribution is 14.1. The lowest BCUT2D eigenvalue weighted by atomic mass is 10.0. The summed E-state index contributed by atoms with van der Waals surface area (Å²) in [7, 11) is -3.45. The van der Waals surface area contributed by atoms with Crippen LogP contribution in [0.15, 0.2) is 18.3 Å². The molecule has 5 nitrogen and oxygen atoms in total. The Balaban J connectivity index is 2.05. The number of halogens is 1. The van der Waals surface area contributed by atoms with Crippen LogP contribution >= 0.6 is 22.6 Å². The van der Waals surface area contributed by atoms with Crippen molar-refractivity contribution in [1.82, 2.24) is 9.29 Å². The zero-order valence-electron chi connectivity index (χ0n) is 10.1. The fourth-order valence-corrected chi connectivity index (χ4v) is 3.38. The van der Waals surface area contributed by atoms with Gasteiger partial charge in [-0.2, -0.15) is 12.7 Å². The van der Waals surface area contributed by atoms with E-state index in [0.717, 1.165) is 16.4 Å². The molecule has 0 amide bonds. The van der Waals surface area contributed by atoms with Crippen molar-refractivity contribution in [1.29, 1.82) is 0 Å². The third-order valence-corrected chi connectivity index (χ3v) is 5.19. The number of aromatic nitrogens is 1. The highest BCUT2D eigenvalue weighted by Crippen LogP contribution is 2.19. The van der Waals surface area contributed by atoms with Gasteiger partial charge >= 0.3 is 10.2 Å². The molecule has 1 saturated heterocycles. The van der Waals surface area contributed by atoms with Crippen molar-refractivity contribution in [3.05, 3.63) is 21.9 Å². The molecule has 2 heterocycles. The molecule has 0 saturated carbocycles. The van der Waals surface area contributed by atoms with Crippen LogP contribution in [-0.2, 0) is 10.2 Å². The second-order valence-corrected chi connectivity index (χ2v) is 7.47. The fraction of sp³-hybridized carbons (Fsp3) is 0.545. The molecule has 0 atom stereocenters. The first kappa shape index (κ1) is 14.0. The molecule has 1 aromatic heterocycles. The maximum absolute atomic E-state index is 12.1. The molecule has 2 rings (SSSR count). The number of hydrogen-bond donors (Lipinski definition) is 1. The molecule has 1 fully saturated rings. The Morgan fingerprint density at radius 2 is 2.06 bits per heavy atom. The average Bonchev–Trinajstić information content (AvgIpc) is 2.32. The molecule has 0 radical (unpaired) electrons. The van der Waals surface area contributed by atoms with Crippen molar-refractivity contribution in [2.45, 2.75) is 19.8 Å². The summed E-state index contributed by atoms with van der Waals surface area (Å²) in [6.07, 6.45) is 3.47. The van der Waals surface area contributed by atoms with E-state index in [-0.39, 0.29) is 0 Å². The van der Waals surface area contributed by atoms with E-state index in [2.05, 4.69) is 39.2 Å². The van der Waals surface area contributed by atoms with Gasteiger partial charge in [0.2, 0.25) is 0 Å². The van der Waals surface area contributed by atoms with Crippen molar-refractivity contribution in [3.63, 3.8) is 0 Å². The highest BCUT2D eigenvalue weighted by atomic mass is 127. The second kappa shape index (κ2) is 5.70. The van der Waals surface area contributed by atoms with Crippen molar-refractivity contribution in [2.75, 3.05) is 17.8 Å². The predicted octanol–water partition coefficient (Wildman–Crippen LogP) is 2.07. The van der Waals surface area contributed by atoms with Crippen LogP contribution in [0.2, 0.25) is 0 Å². The molecule has 0 spiro atoms. The van der Waals surface area contributed by atoms with Crippen LogP contribution in [0.1, 0.15) is 19.8 Å². The number of hydrogen-bond acceptors (Lipinski definition) is 3. The quantitative estimate of drug-likeness (QED) is 0.816. The molecule has 18 heavy (non-hydrogen) atoms. The van der Waals surface area contributed by atoms with Crippen molar-refractivity contribution < 1.29 is 8.42 Å². The Kier molecular flexibility index (Phi) is 4.44. The zero-order chi connectivity index (χ0) is 13.2. The van der Waals surface area contributed by atoms with Crippen molar-refractivity contribution in [2.24, 2.45) is 5.92 Å². The smallest absolute Gasteiger partial charge is 0.254 e. The molecule has 1 aliphatic heterocycles. The van der Waals surface area contributed by atoms with Gasteiger partial charge in [0.1, 0.15) is 5.82 Å². The monoisotopic (exact) mass is 381 g/mol. The van der Waals surface area contributed by atoms with Gasteiger partial charge in [0.15, 0.2) is 0 Å². The maximum Gasteiger partial charge on any atom is 0.302 e. The van der Waals surface area contributed by atoms with Crippen molar-refractivity contribution in [3.8, 4) is 0 Å². The summed E-state index contributed by atoms with van der Waals surface area (Å²) in [6.45, 7) is 3.32. The minimum absolute atomic E-state index is 0.369. The first-order valence-electron chi connectivity index (χ1n) is 5.87. The summed E-state index contributed by atoms with van der Waals surface area (Å²) >= 11 is 2.13. The summed E-state index contributed by atoms with van der Waals surface area (Å²) in [6, 6.07) is 3.50. The van der Waals surface area contributed by atoms with Gasteiger partial charge in [-0.25, -0.2) is 4.98 Å². The van der Waals surface area contributed by atoms with E-state index in [4.69, 9.17) is 0 Å². The summed E-state index contributed by atoms with van der Waals surface area (Å²) in [5, 5.41) is 0. The number of rotatable bonds is 3. The van der Waals surface area contributed by atoms with Gasteiger partial charge in [0.25, 0.3) is 0 Å². The van der Waals surface area contributed by atoms with E-state index in [1.165, 1.54) is 4.31 Å². The summed E-state index contributed by atoms with van der Waals surface area (Å²) < 4.78 is 29.2. The molecule has 1 N–H and O–H groups in total. The van der Waals surface area contributed by atoms with E-state index in [1.54, 1.807) is 12.3 Å². The van der Waals surface area contributed by atoms with Crippen LogP contribution in [0.4, 0.5) is 5.82 Å². The number of nitrogens with one attached hydrogen (secondary N) is 1. The molecule has 7 heteroatoms. The predicted molar refractivity (Wildman–Crippen MR) is 79.5 cm³/mol. The van der Waals surface area contributed by atoms with Gasteiger partial charge in [-0.15, -0.1) is 0 Å². The topological polar surface area (TPSA) is 62.3 Å². The van der Waals surface area contributed by atoms with Crippen LogP contribution in [0.25, 0.3) is 0 Å². The molecule has 0 aliphatic carbocycles. The summed E-state index contributed by atoms with van der Waals surface area (Å²) in [5.41, 5.74) is 0. The molecular weight excluding hydrogens is 365 g/mol. The number of piperidine rings is 1. The Labute approximate surface area is 121 Å². The molecule has 0 unspecified atom stereocenters. The number of nitrogens with zero attached hydrogens (tertiary/aromatic N) is 2. The van der Waals surface area contributed by atoms with E-state index in [9.17, 15) is 8.42 Å². The molecule has 100 valence electrons. The largest absolute Gasteiger partial charge is 0.302 e. The lowest BCUT2D eigenvalue weighted by molar-refractivity contribution is 0.289. The van der Waals surface area contributed by atoms with E-state index in [0.29, 0.717) is 24.8 Å². The Morgan fingerprint density at radius 1 is 1.39 bits per heavy atom. The minimum atomic E-state index is -3.45. The van der Waals surface area contributed by atoms with E-state index in [1.807, 2.05) is 6.07 Å². The standard InChI is InChI=1S/C11H16IN3O2S/c1-9-4-6-15(7-5-9)18(16,17)14-11-3-2-10(12)8-13-11/h2-3,8-9H,4-7H2,1H3,(H,13,14). The molecule has 1 aliphatic rings. The maximum atomic E-state index is 12.1. The number of anilines is 1. The van der Waals surface area contributed by atoms with Gasteiger partial charge in [0, 0.05) is 22.9 Å². The molecular formula is C11H16IN3O2S. The Hall–Kier alpha value is -0.410. The Bertz CT molecular complexity index is 496. The average molecular weight is 381 g/mol. The summed E-state index contributed by atoms with van der Waals surface area (Å²) in [4.78, 5) is 4.05. The van der Waals surface area contributed by atoms with Crippen LogP contribution in [0.5, 0.6) is 0 Å². The lowest BCUT2D eigenvalue weighted by Crippen LogP contribution is -2.41. The van der Waals surface area contributed by atoms with Gasteiger partial charge in [-0.05, 0) is 53.5 Å². The van der Waals surface area contributed by atoms with Crippen LogP contribution in [0.3, 0.4) is 0 Å². The Morgan fingerprint density at radius 3 is 2.61 bits per heavy atom. The molecule has 0 aromatic carbocycles. The van der Waals surface area contributed by atoms with Crippen molar-refractivity contribution >= 4 is 38.6 Å². The first-order chi connectivity index (χ1) is 8.47. The lowest BCUT2D eigenvalue weighted by Gasteiger charge is -2.29. The van der Waals surface area contributed by atoms with Gasteiger partial charge in [0.05, 0.1) is 0 Å². The van der Waals surface area contributed by atoms with Gasteiger partial charge < -0.3 is 0 Å². The zero-order valence-corrected chi connectivity index (χ0v) is 13.1. The third-order valence-electron chi connectivity index (χ3n) is 3.04. The van der Waals surface area contributed by atoms with E-state index < -0.39 is 10.2 Å². The van der Waals surface area contributed by atoms with Crippen LogP contribution in [0, 0.1) is 9.49 Å². The third kappa shape index (κ3) is 3.55. The first-order valence-corrected chi connectivity index (χ1v) is 8.39. The van der Waals surface area contributed by atoms with Gasteiger partial charge in [-0.3, -0.25) is 4.72 Å². The SMILES string of the molecule is CC1CCN(S(=O)(=O)Nc2ccc(I)cn2)CC1. The fourth-order valence-electron chi connectivity index (χ4n) is 1.86. The van der Waals surface area contributed by atoms with Crippen LogP contribution in [-0.4, -0.2) is 30.8 Å². The molecule has 1 aromatic rings. The van der Waals surface area contributed by atoms with Crippen LogP contribution < -0.4 is 4.72 Å². The second-order valence-electron chi connectivity index (χ2n) is 4.55. The molecule has 0 bridgehead atoms. The van der Waals surface area contributed by atoms with E-state index >= 15 is 0 Å². The summed E-state index contributed by atoms with van der Waals surface area (Å²) in [5.74, 6) is 0.974. The number of pyridine rings is 1. The highest BCUT2D eigenvalue weighted by Gasteiger charge is 2.26. The normalized spacial score (nSPS) is 18.8.